The van der Waals surface area contributed by atoms with E-state index in [1.807, 2.05) is 0 Å². The van der Waals surface area contributed by atoms with Crippen molar-refractivity contribution >= 4 is 17.4 Å². The molecule has 0 spiro atoms. The first kappa shape index (κ1) is 28.0. The van der Waals surface area contributed by atoms with Crippen LogP contribution in [0.25, 0.3) is 0 Å². The minimum absolute atomic E-state index is 0. The van der Waals surface area contributed by atoms with Gasteiger partial charge in [-0.1, -0.05) is 0 Å². The quantitative estimate of drug-likeness (QED) is 0.314. The summed E-state index contributed by atoms with van der Waals surface area (Å²) in [6, 6.07) is 0. The van der Waals surface area contributed by atoms with E-state index in [9.17, 15) is 0 Å². The van der Waals surface area contributed by atoms with Crippen LogP contribution in [0.3, 0.4) is 0 Å². The van der Waals surface area contributed by atoms with Crippen molar-refractivity contribution in [2.75, 3.05) is 0 Å². The summed E-state index contributed by atoms with van der Waals surface area (Å²) >= 11 is 0. The predicted molar refractivity (Wildman–Crippen MR) is 21.3 cm³/mol. The molecule has 0 aromatic heterocycles. The zero-order valence-electron chi connectivity index (χ0n) is 3.66. The maximum absolute atomic E-state index is 8.53. The zero-order valence-corrected chi connectivity index (χ0v) is 3.66. The molecule has 0 aliphatic carbocycles. The molecule has 0 heterocycles. The van der Waals surface area contributed by atoms with Gasteiger partial charge in [0, 0.05) is 0 Å². The fourth-order valence-electron chi connectivity index (χ4n) is 0. The largest absolute Gasteiger partial charge is 2.00 e. The molecule has 0 radical (unpaired) electrons. The molecule has 0 unspecified atom stereocenters. The van der Waals surface area contributed by atoms with Gasteiger partial charge in [0.1, 0.15) is 0 Å². The van der Waals surface area contributed by atoms with Crippen LogP contribution in [0.1, 0.15) is 0 Å². The van der Waals surface area contributed by atoms with Gasteiger partial charge in [0.05, 0.1) is 7.32 Å². The van der Waals surface area contributed by atoms with Gasteiger partial charge in [-0.15, -0.1) is 0 Å². The van der Waals surface area contributed by atoms with Crippen LogP contribution in [0, 0.1) is 0 Å². The minimum atomic E-state index is -2.67. The molecule has 0 atom stereocenters. The third kappa shape index (κ3) is 6780000. The van der Waals surface area contributed by atoms with Gasteiger partial charge < -0.3 is 21.2 Å². The van der Waals surface area contributed by atoms with Gasteiger partial charge in [0.25, 0.3) is 0 Å². The Morgan fingerprint density at radius 3 is 1.29 bits per heavy atom. The van der Waals surface area contributed by atoms with E-state index < -0.39 is 7.32 Å². The summed E-state index contributed by atoms with van der Waals surface area (Å²) in [5.74, 6) is 0. The van der Waals surface area contributed by atoms with Gasteiger partial charge in [-0.3, -0.25) is 4.70 Å². The summed E-state index contributed by atoms with van der Waals surface area (Å²) in [5.41, 5.74) is 0. The number of hydrogen-bond donors (Lipinski definition) is 2. The first-order chi connectivity index (χ1) is 1.73. The van der Waals surface area contributed by atoms with Crippen LogP contribution in [0.15, 0.2) is 0 Å². The Kier molecular flexibility index (Phi) is 66.6. The summed E-state index contributed by atoms with van der Waals surface area (Å²) in [6.45, 7) is 0. The van der Waals surface area contributed by atoms with Crippen molar-refractivity contribution in [3.8, 4) is 0 Å². The molecule has 0 aromatic carbocycles. The summed E-state index contributed by atoms with van der Waals surface area (Å²) in [7, 11) is -2.67. The van der Waals surface area contributed by atoms with E-state index in [4.69, 9.17) is 15.1 Å². The zero-order chi connectivity index (χ0) is 3.58. The minimum Gasteiger partial charge on any atom is -0.871 e. The van der Waals surface area contributed by atoms with E-state index in [1.54, 1.807) is 0 Å². The molecular weight excluding hydrogens is 101 g/mol. The number of hydrogen-bond acceptors (Lipinski definition) is 4. The second-order valence-electron chi connectivity index (χ2n) is 0.307. The van der Waals surface area contributed by atoms with Crippen molar-refractivity contribution in [3.63, 3.8) is 0 Å². The molecule has 0 aromatic rings. The normalized spacial score (nSPS) is 3.86. The van der Waals surface area contributed by atoms with Crippen molar-refractivity contribution in [1.82, 2.24) is 6.15 Å². The molecule has 0 aliphatic rings. The van der Waals surface area contributed by atoms with Crippen LogP contribution in [0.4, 0.5) is 4.70 Å². The summed E-state index contributed by atoms with van der Waals surface area (Å²) in [4.78, 5) is 0. The Labute approximate surface area is 44.5 Å². The average Bonchev–Trinajstić information content (AvgIpc) is 0.811. The van der Waals surface area contributed by atoms with Gasteiger partial charge >= 0.3 is 10.1 Å². The molecule has 0 amide bonds. The van der Waals surface area contributed by atoms with Crippen molar-refractivity contribution in [2.45, 2.75) is 0 Å². The van der Waals surface area contributed by atoms with E-state index in [0.29, 0.717) is 0 Å². The smallest absolute Gasteiger partial charge is 0.871 e. The van der Waals surface area contributed by atoms with E-state index in [2.05, 4.69) is 0 Å². The van der Waals surface area contributed by atoms with E-state index in [-0.39, 0.29) is 21.0 Å². The molecule has 4 nitrogen and oxygen atoms in total. The third-order valence-electron chi connectivity index (χ3n) is 0. The first-order valence-electron chi connectivity index (χ1n) is 0.730. The topological polar surface area (TPSA) is 101 Å². The summed E-state index contributed by atoms with van der Waals surface area (Å²) in [6.07, 6.45) is 0. The Balaban J connectivity index is -0.0000000150. The molecule has 4 N–H and O–H groups in total. The Morgan fingerprint density at radius 1 is 1.29 bits per heavy atom. The third-order valence-corrected chi connectivity index (χ3v) is 0. The molecule has 7 heavy (non-hydrogen) atoms. The number of halogens is 1. The fraction of sp³-hybridized carbons (Fsp3) is 0. The van der Waals surface area contributed by atoms with Crippen molar-refractivity contribution in [2.24, 2.45) is 0 Å². The first-order valence-corrected chi connectivity index (χ1v) is 0.730. The summed E-state index contributed by atoms with van der Waals surface area (Å²) in [5, 5.41) is 24.0. The predicted octanol–water partition coefficient (Wildman–Crippen LogP) is -3.38. The maximum Gasteiger partial charge on any atom is 2.00 e. The van der Waals surface area contributed by atoms with Gasteiger partial charge in [0.2, 0.25) is 0 Å². The van der Waals surface area contributed by atoms with Crippen LogP contribution in [0.5, 0.6) is 0 Å². The van der Waals surface area contributed by atoms with Crippen LogP contribution < -0.4 is 16.2 Å². The van der Waals surface area contributed by atoms with Crippen molar-refractivity contribution in [1.29, 1.82) is 0 Å². The standard InChI is InChI=1S/BHO3.Be.FH.H3N/c2-1(3)4;;;/h2H;;1H;1H3/q-2;+2;;. The van der Waals surface area contributed by atoms with Gasteiger partial charge in [-0.25, -0.2) is 0 Å². The fourth-order valence-corrected chi connectivity index (χ4v) is 0. The molecule has 0 bridgehead atoms. The van der Waals surface area contributed by atoms with Gasteiger partial charge in [-0.05, 0) is 0 Å². The van der Waals surface area contributed by atoms with Crippen molar-refractivity contribution in [3.05, 3.63) is 0 Å². The van der Waals surface area contributed by atoms with Crippen LogP contribution in [-0.4, -0.2) is 22.5 Å². The Hall–Kier alpha value is 0.00377. The van der Waals surface area contributed by atoms with Crippen LogP contribution >= 0.6 is 0 Å². The molecule has 0 aliphatic heterocycles. The van der Waals surface area contributed by atoms with Crippen LogP contribution in [0.2, 0.25) is 0 Å². The maximum atomic E-state index is 8.53. The van der Waals surface area contributed by atoms with Crippen molar-refractivity contribution < 1.29 is 19.8 Å². The molecule has 0 fully saturated rings. The molecular formula is H5BBeFNO3. The van der Waals surface area contributed by atoms with Gasteiger partial charge in [-0.2, -0.15) is 0 Å². The number of rotatable bonds is 0. The second-order valence-corrected chi connectivity index (χ2v) is 0.307. The molecule has 0 rings (SSSR count). The van der Waals surface area contributed by atoms with E-state index >= 15 is 0 Å². The molecule has 0 saturated heterocycles. The average molecular weight is 106 g/mol. The van der Waals surface area contributed by atoms with Crippen LogP contribution in [-0.2, 0) is 0 Å². The van der Waals surface area contributed by atoms with E-state index in [1.165, 1.54) is 0 Å². The Morgan fingerprint density at radius 2 is 1.29 bits per heavy atom. The summed E-state index contributed by atoms with van der Waals surface area (Å²) < 4.78 is 0. The van der Waals surface area contributed by atoms with E-state index in [0.717, 1.165) is 0 Å². The Bertz CT molecular complexity index is 19.7. The second kappa shape index (κ2) is 16.7. The molecule has 0 saturated carbocycles. The van der Waals surface area contributed by atoms with Gasteiger partial charge in [0.15, 0.2) is 0 Å². The monoisotopic (exact) mass is 106 g/mol. The molecule has 40 valence electrons. The SMILES string of the molecule is F.N.[Be+2].[O-]B([O-])O. The molecule has 7 heteroatoms.